The zero-order valence-corrected chi connectivity index (χ0v) is 12.7. The van der Waals surface area contributed by atoms with E-state index < -0.39 is 0 Å². The molecule has 0 N–H and O–H groups in total. The second-order valence-corrected chi connectivity index (χ2v) is 6.15. The fraction of sp³-hybridized carbons (Fsp3) is 0.400. The van der Waals surface area contributed by atoms with Crippen LogP contribution in [0.1, 0.15) is 33.3 Å². The SMILES string of the molecule is CC1(C)OB(/C=C/c2cnc3nccnc3c2)OC1(C)C. The number of aromatic nitrogens is 3. The molecule has 1 saturated heterocycles. The molecule has 0 radical (unpaired) electrons. The molecule has 2 aromatic heterocycles. The van der Waals surface area contributed by atoms with E-state index in [1.807, 2.05) is 45.8 Å². The van der Waals surface area contributed by atoms with Crippen LogP contribution in [-0.2, 0) is 9.31 Å². The highest BCUT2D eigenvalue weighted by Gasteiger charge is 2.49. The third-order valence-electron chi connectivity index (χ3n) is 4.06. The van der Waals surface area contributed by atoms with Gasteiger partial charge in [-0.25, -0.2) is 9.97 Å². The van der Waals surface area contributed by atoms with Crippen LogP contribution < -0.4 is 0 Å². The van der Waals surface area contributed by atoms with E-state index in [-0.39, 0.29) is 18.3 Å². The highest BCUT2D eigenvalue weighted by molar-refractivity contribution is 6.52. The van der Waals surface area contributed by atoms with E-state index in [0.29, 0.717) is 5.65 Å². The molecule has 0 atom stereocenters. The monoisotopic (exact) mass is 283 g/mol. The third-order valence-corrected chi connectivity index (χ3v) is 4.06. The Morgan fingerprint density at radius 3 is 2.38 bits per heavy atom. The average Bonchev–Trinajstić information content (AvgIpc) is 2.64. The highest BCUT2D eigenvalue weighted by atomic mass is 16.7. The predicted molar refractivity (Wildman–Crippen MR) is 82.4 cm³/mol. The molecule has 1 aliphatic heterocycles. The van der Waals surface area contributed by atoms with Crippen molar-refractivity contribution in [3.8, 4) is 0 Å². The van der Waals surface area contributed by atoms with Crippen LogP contribution in [0.5, 0.6) is 0 Å². The smallest absolute Gasteiger partial charge is 0.400 e. The molecule has 0 aromatic carbocycles. The van der Waals surface area contributed by atoms with Gasteiger partial charge in [-0.05, 0) is 39.3 Å². The highest BCUT2D eigenvalue weighted by Crippen LogP contribution is 2.37. The Morgan fingerprint density at radius 1 is 1.00 bits per heavy atom. The van der Waals surface area contributed by atoms with Crippen molar-refractivity contribution in [1.82, 2.24) is 15.0 Å². The molecule has 21 heavy (non-hydrogen) atoms. The third kappa shape index (κ3) is 2.69. The van der Waals surface area contributed by atoms with Crippen molar-refractivity contribution in [2.75, 3.05) is 0 Å². The lowest BCUT2D eigenvalue weighted by molar-refractivity contribution is 0.00578. The van der Waals surface area contributed by atoms with Gasteiger partial charge in [0, 0.05) is 18.6 Å². The first-order chi connectivity index (χ1) is 9.87. The molecule has 5 nitrogen and oxygen atoms in total. The second kappa shape index (κ2) is 4.89. The van der Waals surface area contributed by atoms with Crippen molar-refractivity contribution in [2.45, 2.75) is 38.9 Å². The number of fused-ring (bicyclic) bond motifs is 1. The van der Waals surface area contributed by atoms with Crippen LogP contribution in [0.15, 0.2) is 30.6 Å². The van der Waals surface area contributed by atoms with Crippen LogP contribution in [0.25, 0.3) is 17.2 Å². The topological polar surface area (TPSA) is 57.1 Å². The Balaban J connectivity index is 1.79. The summed E-state index contributed by atoms with van der Waals surface area (Å²) in [6, 6.07) is 1.94. The van der Waals surface area contributed by atoms with Crippen molar-refractivity contribution in [3.63, 3.8) is 0 Å². The molecule has 6 heteroatoms. The van der Waals surface area contributed by atoms with Gasteiger partial charge in [-0.15, -0.1) is 0 Å². The van der Waals surface area contributed by atoms with E-state index in [9.17, 15) is 0 Å². The van der Waals surface area contributed by atoms with Crippen molar-refractivity contribution < 1.29 is 9.31 Å². The summed E-state index contributed by atoms with van der Waals surface area (Å²) in [7, 11) is -0.354. The molecule has 108 valence electrons. The minimum atomic E-state index is -0.354. The van der Waals surface area contributed by atoms with E-state index in [4.69, 9.17) is 9.31 Å². The minimum absolute atomic E-state index is 0.324. The van der Waals surface area contributed by atoms with Gasteiger partial charge in [0.2, 0.25) is 0 Å². The maximum Gasteiger partial charge on any atom is 0.487 e. The van der Waals surface area contributed by atoms with Gasteiger partial charge in [0.15, 0.2) is 5.65 Å². The van der Waals surface area contributed by atoms with Crippen LogP contribution in [0.2, 0.25) is 0 Å². The Bertz CT molecular complexity index is 684. The van der Waals surface area contributed by atoms with Gasteiger partial charge in [-0.1, -0.05) is 12.1 Å². The molecule has 0 spiro atoms. The van der Waals surface area contributed by atoms with Crippen LogP contribution in [0.3, 0.4) is 0 Å². The molecule has 0 saturated carbocycles. The Hall–Kier alpha value is -1.79. The lowest BCUT2D eigenvalue weighted by atomic mass is 9.89. The first-order valence-electron chi connectivity index (χ1n) is 6.98. The number of pyridine rings is 1. The van der Waals surface area contributed by atoms with Gasteiger partial charge in [0.05, 0.1) is 11.2 Å². The van der Waals surface area contributed by atoms with E-state index in [2.05, 4.69) is 15.0 Å². The molecule has 1 fully saturated rings. The second-order valence-electron chi connectivity index (χ2n) is 6.15. The molecule has 0 bridgehead atoms. The van der Waals surface area contributed by atoms with E-state index in [1.54, 1.807) is 18.6 Å². The quantitative estimate of drug-likeness (QED) is 0.793. The summed E-state index contributed by atoms with van der Waals surface area (Å²) in [5.74, 6) is 1.90. The molecule has 0 amide bonds. The normalized spacial score (nSPS) is 20.5. The molecule has 2 aromatic rings. The van der Waals surface area contributed by atoms with E-state index >= 15 is 0 Å². The number of nitrogens with zero attached hydrogens (tertiary/aromatic N) is 3. The van der Waals surface area contributed by atoms with Gasteiger partial charge >= 0.3 is 7.12 Å². The van der Waals surface area contributed by atoms with Crippen LogP contribution >= 0.6 is 0 Å². The van der Waals surface area contributed by atoms with Crippen molar-refractivity contribution >= 4 is 24.4 Å². The van der Waals surface area contributed by atoms with Crippen molar-refractivity contribution in [2.24, 2.45) is 0 Å². The van der Waals surface area contributed by atoms with Crippen LogP contribution in [0.4, 0.5) is 0 Å². The average molecular weight is 283 g/mol. The van der Waals surface area contributed by atoms with Crippen LogP contribution in [0, 0.1) is 0 Å². The van der Waals surface area contributed by atoms with Gasteiger partial charge in [-0.2, -0.15) is 0 Å². The summed E-state index contributed by atoms with van der Waals surface area (Å²) in [6.45, 7) is 8.14. The number of hydrogen-bond acceptors (Lipinski definition) is 5. The first kappa shape index (κ1) is 14.2. The Morgan fingerprint density at radius 2 is 1.67 bits per heavy atom. The van der Waals surface area contributed by atoms with Gasteiger partial charge in [0.1, 0.15) is 5.52 Å². The number of hydrogen-bond donors (Lipinski definition) is 0. The fourth-order valence-corrected chi connectivity index (χ4v) is 2.12. The summed E-state index contributed by atoms with van der Waals surface area (Å²) in [5, 5.41) is 0. The Kier molecular flexibility index (Phi) is 3.30. The minimum Gasteiger partial charge on any atom is -0.400 e. The van der Waals surface area contributed by atoms with Gasteiger partial charge in [0.25, 0.3) is 0 Å². The van der Waals surface area contributed by atoms with E-state index in [0.717, 1.165) is 11.1 Å². The molecule has 1 aliphatic rings. The molecule has 3 heterocycles. The maximum absolute atomic E-state index is 5.92. The van der Waals surface area contributed by atoms with E-state index in [1.165, 1.54) is 0 Å². The standard InChI is InChI=1S/C15H18BN3O2/c1-14(2)15(3,4)21-16(20-14)6-5-11-9-12-13(19-10-11)18-8-7-17-12/h5-10H,1-4H3/b6-5+. The largest absolute Gasteiger partial charge is 0.487 e. The lowest BCUT2D eigenvalue weighted by Crippen LogP contribution is -2.41. The number of rotatable bonds is 2. The maximum atomic E-state index is 5.92. The zero-order chi connectivity index (χ0) is 15.1. The summed E-state index contributed by atoms with van der Waals surface area (Å²) in [5.41, 5.74) is 1.71. The summed E-state index contributed by atoms with van der Waals surface area (Å²) < 4.78 is 11.8. The molecule has 0 unspecified atom stereocenters. The molecular weight excluding hydrogens is 265 g/mol. The lowest BCUT2D eigenvalue weighted by Gasteiger charge is -2.32. The van der Waals surface area contributed by atoms with Gasteiger partial charge in [-0.3, -0.25) is 4.98 Å². The predicted octanol–water partition coefficient (Wildman–Crippen LogP) is 2.67. The van der Waals surface area contributed by atoms with Crippen molar-refractivity contribution in [1.29, 1.82) is 0 Å². The summed E-state index contributed by atoms with van der Waals surface area (Å²) in [6.07, 6.45) is 6.99. The fourth-order valence-electron chi connectivity index (χ4n) is 2.12. The molecular formula is C15H18BN3O2. The first-order valence-corrected chi connectivity index (χ1v) is 6.98. The molecule has 3 rings (SSSR count). The summed E-state index contributed by atoms with van der Waals surface area (Å²) >= 11 is 0. The van der Waals surface area contributed by atoms with Crippen LogP contribution in [-0.4, -0.2) is 33.3 Å². The Labute approximate surface area is 124 Å². The van der Waals surface area contributed by atoms with Gasteiger partial charge < -0.3 is 9.31 Å². The van der Waals surface area contributed by atoms with Crippen molar-refractivity contribution in [3.05, 3.63) is 36.2 Å². The zero-order valence-electron chi connectivity index (χ0n) is 12.7. The summed E-state index contributed by atoms with van der Waals surface area (Å²) in [4.78, 5) is 12.7. The molecule has 0 aliphatic carbocycles.